The van der Waals surface area contributed by atoms with E-state index in [1.165, 1.54) is 45.2 Å². The number of nitrogens with zero attached hydrogens (tertiary/aromatic N) is 1. The predicted octanol–water partition coefficient (Wildman–Crippen LogP) is 2.49. The van der Waals surface area contributed by atoms with Crippen LogP contribution in [-0.4, -0.2) is 37.1 Å². The molecule has 2 rings (SSSR count). The monoisotopic (exact) mass is 224 g/mol. The van der Waals surface area contributed by atoms with Crippen molar-refractivity contribution in [2.75, 3.05) is 20.1 Å². The number of rotatable bonds is 4. The topological polar surface area (TPSA) is 15.3 Å². The fourth-order valence-electron chi connectivity index (χ4n) is 3.24. The zero-order chi connectivity index (χ0) is 11.5. The lowest BCUT2D eigenvalue weighted by Crippen LogP contribution is -2.48. The van der Waals surface area contributed by atoms with Crippen LogP contribution in [0.15, 0.2) is 0 Å². The van der Waals surface area contributed by atoms with Gasteiger partial charge in [-0.05, 0) is 65.0 Å². The minimum atomic E-state index is 0.693. The first-order valence-corrected chi connectivity index (χ1v) is 7.11. The number of likely N-dealkylation sites (tertiary alicyclic amines) is 1. The predicted molar refractivity (Wildman–Crippen MR) is 69.6 cm³/mol. The van der Waals surface area contributed by atoms with E-state index in [0.29, 0.717) is 6.04 Å². The Hall–Kier alpha value is -0.0800. The van der Waals surface area contributed by atoms with Gasteiger partial charge in [0.15, 0.2) is 0 Å². The van der Waals surface area contributed by atoms with Gasteiger partial charge in [0.1, 0.15) is 0 Å². The Bertz CT molecular complexity index is 213. The highest BCUT2D eigenvalue weighted by Gasteiger charge is 2.28. The molecule has 1 aliphatic carbocycles. The van der Waals surface area contributed by atoms with Gasteiger partial charge in [0, 0.05) is 18.6 Å². The van der Waals surface area contributed by atoms with E-state index in [2.05, 4.69) is 31.1 Å². The van der Waals surface area contributed by atoms with Crippen molar-refractivity contribution in [1.82, 2.24) is 10.2 Å². The van der Waals surface area contributed by atoms with Crippen molar-refractivity contribution < 1.29 is 0 Å². The van der Waals surface area contributed by atoms with E-state index in [1.54, 1.807) is 0 Å². The van der Waals surface area contributed by atoms with Gasteiger partial charge in [0.2, 0.25) is 0 Å². The second-order valence-electron chi connectivity index (χ2n) is 6.10. The van der Waals surface area contributed by atoms with Crippen molar-refractivity contribution in [2.24, 2.45) is 11.8 Å². The first-order chi connectivity index (χ1) is 7.66. The molecule has 0 aromatic carbocycles. The molecule has 1 aliphatic heterocycles. The first kappa shape index (κ1) is 12.4. The molecule has 0 spiro atoms. The third-order valence-corrected chi connectivity index (χ3v) is 4.75. The van der Waals surface area contributed by atoms with Crippen molar-refractivity contribution in [3.63, 3.8) is 0 Å². The summed E-state index contributed by atoms with van der Waals surface area (Å²) in [6.45, 7) is 7.35. The molecule has 2 heteroatoms. The summed E-state index contributed by atoms with van der Waals surface area (Å²) in [6.07, 6.45) is 7.15. The van der Waals surface area contributed by atoms with Crippen LogP contribution in [0.3, 0.4) is 0 Å². The van der Waals surface area contributed by atoms with Gasteiger partial charge in [-0.1, -0.05) is 6.42 Å². The molecule has 0 aromatic rings. The molecular formula is C14H28N2. The maximum Gasteiger partial charge on any atom is 0.00818 e. The average Bonchev–Trinajstić information content (AvgIpc) is 2.14. The van der Waals surface area contributed by atoms with Crippen molar-refractivity contribution in [2.45, 2.75) is 58.0 Å². The van der Waals surface area contributed by atoms with Gasteiger partial charge in [-0.25, -0.2) is 0 Å². The van der Waals surface area contributed by atoms with Crippen LogP contribution in [-0.2, 0) is 0 Å². The molecule has 1 heterocycles. The Morgan fingerprint density at radius 1 is 1.00 bits per heavy atom. The second-order valence-corrected chi connectivity index (χ2v) is 6.10. The maximum absolute atomic E-state index is 3.85. The summed E-state index contributed by atoms with van der Waals surface area (Å²) >= 11 is 0. The SMILES string of the molecule is CC(NC(C)C1CCCN(C)C1)C1CCC1. The normalized spacial score (nSPS) is 32.1. The van der Waals surface area contributed by atoms with Gasteiger partial charge in [-0.15, -0.1) is 0 Å². The second kappa shape index (κ2) is 5.50. The van der Waals surface area contributed by atoms with Gasteiger partial charge < -0.3 is 10.2 Å². The number of hydrogen-bond donors (Lipinski definition) is 1. The maximum atomic E-state index is 3.85. The molecule has 1 saturated heterocycles. The molecule has 1 saturated carbocycles. The fourth-order valence-corrected chi connectivity index (χ4v) is 3.24. The Morgan fingerprint density at radius 3 is 2.19 bits per heavy atom. The molecule has 2 nitrogen and oxygen atoms in total. The number of nitrogens with one attached hydrogen (secondary N) is 1. The van der Waals surface area contributed by atoms with E-state index in [1.807, 2.05) is 0 Å². The third-order valence-electron chi connectivity index (χ3n) is 4.75. The summed E-state index contributed by atoms with van der Waals surface area (Å²) in [5.41, 5.74) is 0. The summed E-state index contributed by atoms with van der Waals surface area (Å²) in [6, 6.07) is 1.43. The summed E-state index contributed by atoms with van der Waals surface area (Å²) in [4.78, 5) is 2.49. The molecule has 0 amide bonds. The Labute approximate surface area is 101 Å². The third kappa shape index (κ3) is 2.98. The fraction of sp³-hybridized carbons (Fsp3) is 1.00. The van der Waals surface area contributed by atoms with Gasteiger partial charge in [0.05, 0.1) is 0 Å². The van der Waals surface area contributed by atoms with E-state index in [-0.39, 0.29) is 0 Å². The van der Waals surface area contributed by atoms with Crippen LogP contribution in [0, 0.1) is 11.8 Å². The molecule has 2 fully saturated rings. The van der Waals surface area contributed by atoms with Crippen molar-refractivity contribution >= 4 is 0 Å². The van der Waals surface area contributed by atoms with Crippen LogP contribution >= 0.6 is 0 Å². The van der Waals surface area contributed by atoms with Crippen LogP contribution in [0.2, 0.25) is 0 Å². The van der Waals surface area contributed by atoms with Crippen molar-refractivity contribution in [3.05, 3.63) is 0 Å². The average molecular weight is 224 g/mol. The van der Waals surface area contributed by atoms with Gasteiger partial charge in [0.25, 0.3) is 0 Å². The van der Waals surface area contributed by atoms with Gasteiger partial charge >= 0.3 is 0 Å². The molecule has 0 bridgehead atoms. The minimum absolute atomic E-state index is 0.693. The van der Waals surface area contributed by atoms with Crippen LogP contribution in [0.1, 0.15) is 46.0 Å². The van der Waals surface area contributed by atoms with Gasteiger partial charge in [-0.3, -0.25) is 0 Å². The summed E-state index contributed by atoms with van der Waals surface area (Å²) < 4.78 is 0. The highest BCUT2D eigenvalue weighted by atomic mass is 15.1. The lowest BCUT2D eigenvalue weighted by atomic mass is 9.79. The molecule has 16 heavy (non-hydrogen) atoms. The Morgan fingerprint density at radius 2 is 1.62 bits per heavy atom. The van der Waals surface area contributed by atoms with Gasteiger partial charge in [-0.2, -0.15) is 0 Å². The van der Waals surface area contributed by atoms with Crippen LogP contribution in [0.5, 0.6) is 0 Å². The number of hydrogen-bond acceptors (Lipinski definition) is 2. The zero-order valence-electron chi connectivity index (χ0n) is 11.2. The molecule has 2 aliphatic rings. The zero-order valence-corrected chi connectivity index (χ0v) is 11.2. The molecule has 1 N–H and O–H groups in total. The highest BCUT2D eigenvalue weighted by molar-refractivity contribution is 4.85. The van der Waals surface area contributed by atoms with E-state index in [9.17, 15) is 0 Å². The molecular weight excluding hydrogens is 196 g/mol. The van der Waals surface area contributed by atoms with E-state index < -0.39 is 0 Å². The molecule has 3 unspecified atom stereocenters. The highest BCUT2D eigenvalue weighted by Crippen LogP contribution is 2.30. The Balaban J connectivity index is 1.75. The number of piperidine rings is 1. The molecule has 94 valence electrons. The largest absolute Gasteiger partial charge is 0.311 e. The molecule has 0 radical (unpaired) electrons. The van der Waals surface area contributed by atoms with Crippen LogP contribution in [0.25, 0.3) is 0 Å². The lowest BCUT2D eigenvalue weighted by molar-refractivity contribution is 0.154. The summed E-state index contributed by atoms with van der Waals surface area (Å²) in [5.74, 6) is 1.82. The van der Waals surface area contributed by atoms with Crippen LogP contribution in [0.4, 0.5) is 0 Å². The molecule has 3 atom stereocenters. The van der Waals surface area contributed by atoms with Crippen molar-refractivity contribution in [3.8, 4) is 0 Å². The van der Waals surface area contributed by atoms with Crippen LogP contribution < -0.4 is 5.32 Å². The summed E-state index contributed by atoms with van der Waals surface area (Å²) in [5, 5.41) is 3.85. The Kier molecular flexibility index (Phi) is 4.26. The summed E-state index contributed by atoms with van der Waals surface area (Å²) in [7, 11) is 2.26. The minimum Gasteiger partial charge on any atom is -0.311 e. The first-order valence-electron chi connectivity index (χ1n) is 7.11. The van der Waals surface area contributed by atoms with Crippen molar-refractivity contribution in [1.29, 1.82) is 0 Å². The molecule has 0 aromatic heterocycles. The van der Waals surface area contributed by atoms with E-state index >= 15 is 0 Å². The quantitative estimate of drug-likeness (QED) is 0.789. The van der Waals surface area contributed by atoms with E-state index in [4.69, 9.17) is 0 Å². The van der Waals surface area contributed by atoms with E-state index in [0.717, 1.165) is 17.9 Å². The standard InChI is InChI=1S/C14H28N2/c1-11(13-6-4-7-13)15-12(2)14-8-5-9-16(3)10-14/h11-15H,4-10H2,1-3H3. The smallest absolute Gasteiger partial charge is 0.00818 e. The lowest BCUT2D eigenvalue weighted by Gasteiger charge is -2.38.